The van der Waals surface area contributed by atoms with E-state index in [2.05, 4.69) is 26.8 Å². The Kier molecular flexibility index (Phi) is 4.51. The van der Waals surface area contributed by atoms with E-state index >= 15 is 0 Å². The summed E-state index contributed by atoms with van der Waals surface area (Å²) in [6.45, 7) is 4.08. The Bertz CT molecular complexity index is 975. The van der Waals surface area contributed by atoms with Crippen LogP contribution in [0.25, 0.3) is 10.9 Å². The SMILES string of the molecule is CCCCN1CCc2[nH]cnc2[C@@H]1c1cc2cc(OC)ccc2[nH]c1=O. The van der Waals surface area contributed by atoms with E-state index in [1.807, 2.05) is 24.3 Å². The van der Waals surface area contributed by atoms with Gasteiger partial charge in [-0.2, -0.15) is 0 Å². The van der Waals surface area contributed by atoms with Crippen LogP contribution in [-0.4, -0.2) is 40.1 Å². The van der Waals surface area contributed by atoms with Gasteiger partial charge in [-0.1, -0.05) is 13.3 Å². The van der Waals surface area contributed by atoms with E-state index in [9.17, 15) is 4.79 Å². The minimum atomic E-state index is -0.115. The Balaban J connectivity index is 1.85. The van der Waals surface area contributed by atoms with E-state index in [-0.39, 0.29) is 11.6 Å². The summed E-state index contributed by atoms with van der Waals surface area (Å²) in [6.07, 6.45) is 4.91. The van der Waals surface area contributed by atoms with Crippen molar-refractivity contribution >= 4 is 10.9 Å². The van der Waals surface area contributed by atoms with E-state index < -0.39 is 0 Å². The number of nitrogens with zero attached hydrogens (tertiary/aromatic N) is 2. The van der Waals surface area contributed by atoms with Gasteiger partial charge in [-0.3, -0.25) is 9.69 Å². The predicted molar refractivity (Wildman–Crippen MR) is 102 cm³/mol. The van der Waals surface area contributed by atoms with Crippen LogP contribution in [-0.2, 0) is 6.42 Å². The van der Waals surface area contributed by atoms with Crippen molar-refractivity contribution in [2.24, 2.45) is 0 Å². The standard InChI is InChI=1S/C20H24N4O2/c1-3-4-8-24-9-7-17-18(22-12-21-17)19(24)15-11-13-10-14(26-2)5-6-16(13)23-20(15)25/h5-6,10-12,19H,3-4,7-9H2,1-2H3,(H,21,22)(H,23,25)/t19-/m0/s1. The van der Waals surface area contributed by atoms with Crippen LogP contribution in [0.1, 0.15) is 42.8 Å². The van der Waals surface area contributed by atoms with E-state index in [0.29, 0.717) is 0 Å². The van der Waals surface area contributed by atoms with Gasteiger partial charge < -0.3 is 14.7 Å². The van der Waals surface area contributed by atoms with Crippen molar-refractivity contribution in [3.63, 3.8) is 0 Å². The van der Waals surface area contributed by atoms with E-state index in [0.717, 1.165) is 66.0 Å². The van der Waals surface area contributed by atoms with Crippen LogP contribution in [0.3, 0.4) is 0 Å². The maximum Gasteiger partial charge on any atom is 0.253 e. The molecule has 2 aromatic heterocycles. The molecule has 0 amide bonds. The highest BCUT2D eigenvalue weighted by Crippen LogP contribution is 2.33. The largest absolute Gasteiger partial charge is 0.497 e. The number of methoxy groups -OCH3 is 1. The highest BCUT2D eigenvalue weighted by atomic mass is 16.5. The lowest BCUT2D eigenvalue weighted by molar-refractivity contribution is 0.205. The molecule has 0 fully saturated rings. The first-order valence-electron chi connectivity index (χ1n) is 9.18. The molecule has 2 N–H and O–H groups in total. The lowest BCUT2D eigenvalue weighted by Gasteiger charge is -2.34. The number of aromatic amines is 2. The fourth-order valence-corrected chi connectivity index (χ4v) is 3.80. The zero-order chi connectivity index (χ0) is 18.1. The molecule has 0 radical (unpaired) electrons. The number of fused-ring (bicyclic) bond motifs is 2. The third-order valence-corrected chi connectivity index (χ3v) is 5.20. The summed E-state index contributed by atoms with van der Waals surface area (Å²) in [5, 5.41) is 0.969. The van der Waals surface area contributed by atoms with Crippen molar-refractivity contribution in [1.29, 1.82) is 0 Å². The van der Waals surface area contributed by atoms with Crippen LogP contribution in [0.2, 0.25) is 0 Å². The first-order chi connectivity index (χ1) is 12.7. The Morgan fingerprint density at radius 1 is 1.35 bits per heavy atom. The van der Waals surface area contributed by atoms with Crippen molar-refractivity contribution in [1.82, 2.24) is 19.9 Å². The second kappa shape index (κ2) is 6.96. The van der Waals surface area contributed by atoms with Gasteiger partial charge in [0, 0.05) is 35.1 Å². The molecule has 1 aromatic carbocycles. The lowest BCUT2D eigenvalue weighted by atomic mass is 9.95. The van der Waals surface area contributed by atoms with Crippen molar-refractivity contribution in [3.05, 3.63) is 57.9 Å². The normalized spacial score (nSPS) is 17.4. The number of aromatic nitrogens is 3. The molecule has 0 saturated carbocycles. The summed E-state index contributed by atoms with van der Waals surface area (Å²) in [7, 11) is 1.65. The average Bonchev–Trinajstić information content (AvgIpc) is 3.14. The smallest absolute Gasteiger partial charge is 0.253 e. The predicted octanol–water partition coefficient (Wildman–Crippen LogP) is 3.01. The number of nitrogens with one attached hydrogen (secondary N) is 2. The Labute approximate surface area is 152 Å². The summed E-state index contributed by atoms with van der Waals surface area (Å²) in [6, 6.07) is 7.58. The molecule has 1 aliphatic rings. The average molecular weight is 352 g/mol. The molecule has 4 rings (SSSR count). The van der Waals surface area contributed by atoms with Crippen molar-refractivity contribution in [3.8, 4) is 5.75 Å². The Hall–Kier alpha value is -2.60. The van der Waals surface area contributed by atoms with Crippen molar-refractivity contribution in [2.75, 3.05) is 20.2 Å². The highest BCUT2D eigenvalue weighted by Gasteiger charge is 2.32. The number of rotatable bonds is 5. The molecule has 6 heteroatoms. The Morgan fingerprint density at radius 3 is 3.04 bits per heavy atom. The number of unbranched alkanes of at least 4 members (excludes halogenated alkanes) is 1. The molecule has 0 saturated heterocycles. The molecule has 3 aromatic rings. The maximum atomic E-state index is 12.9. The van der Waals surface area contributed by atoms with Crippen LogP contribution >= 0.6 is 0 Å². The number of hydrogen-bond donors (Lipinski definition) is 2. The van der Waals surface area contributed by atoms with Crippen LogP contribution in [0.15, 0.2) is 35.4 Å². The van der Waals surface area contributed by atoms with E-state index in [1.165, 1.54) is 0 Å². The van der Waals surface area contributed by atoms with Gasteiger partial charge in [-0.15, -0.1) is 0 Å². The zero-order valence-electron chi connectivity index (χ0n) is 15.2. The molecule has 26 heavy (non-hydrogen) atoms. The minimum Gasteiger partial charge on any atom is -0.497 e. The number of ether oxygens (including phenoxy) is 1. The number of hydrogen-bond acceptors (Lipinski definition) is 4. The van der Waals surface area contributed by atoms with Gasteiger partial charge in [0.25, 0.3) is 5.56 Å². The number of benzene rings is 1. The summed E-state index contributed by atoms with van der Waals surface area (Å²) < 4.78 is 5.34. The molecule has 1 atom stereocenters. The van der Waals surface area contributed by atoms with E-state index in [1.54, 1.807) is 13.4 Å². The summed E-state index contributed by atoms with van der Waals surface area (Å²) in [5.41, 5.74) is 3.62. The molecule has 3 heterocycles. The summed E-state index contributed by atoms with van der Waals surface area (Å²) >= 11 is 0. The first-order valence-corrected chi connectivity index (χ1v) is 9.18. The number of H-pyrrole nitrogens is 2. The molecule has 0 spiro atoms. The third kappa shape index (κ3) is 2.90. The zero-order valence-corrected chi connectivity index (χ0v) is 15.2. The topological polar surface area (TPSA) is 74.0 Å². The number of pyridine rings is 1. The summed E-state index contributed by atoms with van der Waals surface area (Å²) in [4.78, 5) is 26.1. The van der Waals surface area contributed by atoms with Gasteiger partial charge in [-0.05, 0) is 37.2 Å². The second-order valence-electron chi connectivity index (χ2n) is 6.82. The third-order valence-electron chi connectivity index (χ3n) is 5.20. The molecule has 136 valence electrons. The Morgan fingerprint density at radius 2 is 2.23 bits per heavy atom. The minimum absolute atomic E-state index is 0.0509. The molecule has 1 aliphatic heterocycles. The monoisotopic (exact) mass is 352 g/mol. The van der Waals surface area contributed by atoms with Crippen LogP contribution < -0.4 is 10.3 Å². The van der Waals surface area contributed by atoms with Gasteiger partial charge in [0.2, 0.25) is 0 Å². The van der Waals surface area contributed by atoms with Crippen molar-refractivity contribution in [2.45, 2.75) is 32.2 Å². The molecular weight excluding hydrogens is 328 g/mol. The second-order valence-corrected chi connectivity index (χ2v) is 6.82. The van der Waals surface area contributed by atoms with Gasteiger partial charge >= 0.3 is 0 Å². The van der Waals surface area contributed by atoms with Crippen LogP contribution in [0.5, 0.6) is 5.75 Å². The van der Waals surface area contributed by atoms with Gasteiger partial charge in [0.15, 0.2) is 0 Å². The van der Waals surface area contributed by atoms with Gasteiger partial charge in [0.05, 0.1) is 25.2 Å². The maximum absolute atomic E-state index is 12.9. The van der Waals surface area contributed by atoms with Gasteiger partial charge in [-0.25, -0.2) is 4.98 Å². The molecule has 0 aliphatic carbocycles. The molecule has 0 bridgehead atoms. The first kappa shape index (κ1) is 16.8. The molecule has 0 unspecified atom stereocenters. The van der Waals surface area contributed by atoms with Crippen molar-refractivity contribution < 1.29 is 4.74 Å². The lowest BCUT2D eigenvalue weighted by Crippen LogP contribution is -2.39. The van der Waals surface area contributed by atoms with Gasteiger partial charge in [0.1, 0.15) is 5.75 Å². The van der Waals surface area contributed by atoms with Crippen LogP contribution in [0.4, 0.5) is 0 Å². The number of imidazole rings is 1. The molecular formula is C20H24N4O2. The van der Waals surface area contributed by atoms with E-state index in [4.69, 9.17) is 4.74 Å². The quantitative estimate of drug-likeness (QED) is 0.740. The fourth-order valence-electron chi connectivity index (χ4n) is 3.80. The highest BCUT2D eigenvalue weighted by molar-refractivity contribution is 5.80. The fraction of sp³-hybridized carbons (Fsp3) is 0.400. The summed E-state index contributed by atoms with van der Waals surface area (Å²) in [5.74, 6) is 0.780. The molecule has 6 nitrogen and oxygen atoms in total. The van der Waals surface area contributed by atoms with Crippen LogP contribution in [0, 0.1) is 0 Å².